The predicted octanol–water partition coefficient (Wildman–Crippen LogP) is 4.43. The van der Waals surface area contributed by atoms with Gasteiger partial charge in [0.05, 0.1) is 34.2 Å². The molecule has 3 N–H and O–H groups in total. The molecular weight excluding hydrogens is 562 g/mol. The van der Waals surface area contributed by atoms with Gasteiger partial charge in [0.2, 0.25) is 0 Å². The number of nitrogen functional groups attached to an aromatic ring is 1. The Morgan fingerprint density at radius 3 is 2.65 bits per heavy atom. The Hall–Kier alpha value is -3.53. The van der Waals surface area contributed by atoms with E-state index in [1.54, 1.807) is 25.2 Å². The monoisotopic (exact) mass is 601 g/mol. The number of hydrogen-bond acceptors (Lipinski definition) is 11. The highest BCUT2D eigenvalue weighted by molar-refractivity contribution is 7.16. The zero-order chi connectivity index (χ0) is 30.3. The van der Waals surface area contributed by atoms with E-state index in [-0.39, 0.29) is 6.04 Å². The minimum atomic E-state index is -0.925. The zero-order valence-corrected chi connectivity index (χ0v) is 26.3. The predicted molar refractivity (Wildman–Crippen MR) is 166 cm³/mol. The molecule has 0 aromatic carbocycles. The van der Waals surface area contributed by atoms with Crippen molar-refractivity contribution in [1.82, 2.24) is 29.8 Å². The van der Waals surface area contributed by atoms with E-state index >= 15 is 0 Å². The molecule has 0 saturated heterocycles. The Kier molecular flexibility index (Phi) is 6.57. The summed E-state index contributed by atoms with van der Waals surface area (Å²) in [6.07, 6.45) is 9.46. The number of aromatic nitrogens is 5. The van der Waals surface area contributed by atoms with Crippen LogP contribution in [0, 0.1) is 11.3 Å². The van der Waals surface area contributed by atoms with Crippen LogP contribution in [0.1, 0.15) is 85.7 Å². The summed E-state index contributed by atoms with van der Waals surface area (Å²) in [5.41, 5.74) is 9.08. The summed E-state index contributed by atoms with van der Waals surface area (Å²) in [6, 6.07) is 2.99. The molecule has 4 heterocycles. The number of nitrogens with zero attached hydrogens (tertiary/aromatic N) is 8. The van der Waals surface area contributed by atoms with Crippen molar-refractivity contribution in [3.63, 3.8) is 0 Å². The van der Waals surface area contributed by atoms with E-state index in [0.29, 0.717) is 40.5 Å². The lowest BCUT2D eigenvalue weighted by atomic mass is 9.63. The second-order valence-electron chi connectivity index (χ2n) is 13.4. The lowest BCUT2D eigenvalue weighted by molar-refractivity contribution is 0.0885. The van der Waals surface area contributed by atoms with Crippen molar-refractivity contribution < 1.29 is 9.63 Å². The summed E-state index contributed by atoms with van der Waals surface area (Å²) < 4.78 is 8.32. The molecule has 1 spiro atoms. The van der Waals surface area contributed by atoms with Gasteiger partial charge in [0.1, 0.15) is 16.9 Å². The Labute approximate surface area is 255 Å². The van der Waals surface area contributed by atoms with Gasteiger partial charge in [0.25, 0.3) is 0 Å². The summed E-state index contributed by atoms with van der Waals surface area (Å²) in [7, 11) is 6.16. The second kappa shape index (κ2) is 10.0. The van der Waals surface area contributed by atoms with Gasteiger partial charge in [0.15, 0.2) is 22.9 Å². The Morgan fingerprint density at radius 2 is 1.98 bits per heavy atom. The molecule has 0 amide bonds. The number of fused-ring (bicyclic) bond motifs is 5. The van der Waals surface area contributed by atoms with Gasteiger partial charge in [-0.25, -0.2) is 14.6 Å². The number of hydrogen-bond donors (Lipinski definition) is 2. The number of likely N-dealkylation sites (N-methyl/N-ethyl adjacent to an activating group) is 2. The highest BCUT2D eigenvalue weighted by atomic mass is 32.1. The topological polar surface area (TPSA) is 146 Å². The summed E-state index contributed by atoms with van der Waals surface area (Å²) >= 11 is 1.54. The Balaban J connectivity index is 1.40. The third-order valence-electron chi connectivity index (χ3n) is 9.67. The first kappa shape index (κ1) is 28.3. The van der Waals surface area contributed by atoms with Gasteiger partial charge in [-0.3, -0.25) is 0 Å². The molecule has 4 aromatic heterocycles. The third kappa shape index (κ3) is 4.35. The van der Waals surface area contributed by atoms with Gasteiger partial charge in [-0.1, -0.05) is 5.16 Å². The number of anilines is 2. The molecule has 7 rings (SSSR count). The molecule has 3 atom stereocenters. The maximum atomic E-state index is 10.7. The van der Waals surface area contributed by atoms with Crippen LogP contribution in [0.25, 0.3) is 22.6 Å². The quantitative estimate of drug-likeness (QED) is 0.325. The maximum absolute atomic E-state index is 10.7. The normalized spacial score (nSPS) is 23.3. The average molecular weight is 602 g/mol. The lowest BCUT2D eigenvalue weighted by Crippen LogP contribution is -2.44. The van der Waals surface area contributed by atoms with E-state index in [9.17, 15) is 10.4 Å². The van der Waals surface area contributed by atoms with Crippen LogP contribution in [0.15, 0.2) is 10.7 Å². The molecule has 0 aliphatic heterocycles. The van der Waals surface area contributed by atoms with Gasteiger partial charge >= 0.3 is 0 Å². The number of thiophene rings is 1. The standard InChI is InChI=1S/C31H39N9O2S/c1-30(2,41)16-39(5)28-19-15-34-40(21-11-10-20(21)38(3)4)29(19)36-27(35-28)24-17-8-6-12-31(25(17)42-37-24)13-7-9-22-23(31)18(14-32)26(33)43-22/h15,20-21,41H,6-13,16,33H2,1-5H3. The molecule has 3 aliphatic carbocycles. The van der Waals surface area contributed by atoms with Gasteiger partial charge < -0.3 is 25.2 Å². The number of rotatable bonds is 6. The molecule has 0 bridgehead atoms. The number of nitrogens with two attached hydrogens (primary N) is 1. The van der Waals surface area contributed by atoms with Gasteiger partial charge in [-0.05, 0) is 84.9 Å². The summed E-state index contributed by atoms with van der Waals surface area (Å²) in [6.45, 7) is 3.97. The molecule has 11 nitrogen and oxygen atoms in total. The number of aliphatic hydroxyl groups is 1. The van der Waals surface area contributed by atoms with Crippen molar-refractivity contribution in [2.75, 3.05) is 38.3 Å². The molecule has 3 aliphatic rings. The minimum absolute atomic E-state index is 0.214. The molecule has 3 unspecified atom stereocenters. The van der Waals surface area contributed by atoms with Crippen LogP contribution in [-0.4, -0.2) is 74.2 Å². The van der Waals surface area contributed by atoms with E-state index in [1.165, 1.54) is 4.88 Å². The third-order valence-corrected chi connectivity index (χ3v) is 10.7. The fourth-order valence-electron chi connectivity index (χ4n) is 7.77. The van der Waals surface area contributed by atoms with E-state index in [1.807, 2.05) is 22.8 Å². The summed E-state index contributed by atoms with van der Waals surface area (Å²) in [5, 5.41) is 31.7. The maximum Gasteiger partial charge on any atom is 0.186 e. The van der Waals surface area contributed by atoms with E-state index in [0.717, 1.165) is 79.3 Å². The van der Waals surface area contributed by atoms with E-state index < -0.39 is 11.0 Å². The van der Waals surface area contributed by atoms with Crippen molar-refractivity contribution in [1.29, 1.82) is 5.26 Å². The van der Waals surface area contributed by atoms with Gasteiger partial charge in [-0.2, -0.15) is 10.4 Å². The van der Waals surface area contributed by atoms with Crippen LogP contribution >= 0.6 is 11.3 Å². The van der Waals surface area contributed by atoms with Crippen LogP contribution in [-0.2, 0) is 18.3 Å². The molecule has 226 valence electrons. The minimum Gasteiger partial charge on any atom is -0.389 e. The first-order chi connectivity index (χ1) is 20.5. The van der Waals surface area contributed by atoms with Crippen LogP contribution in [0.2, 0.25) is 0 Å². The van der Waals surface area contributed by atoms with Crippen LogP contribution in [0.4, 0.5) is 10.8 Å². The second-order valence-corrected chi connectivity index (χ2v) is 14.6. The van der Waals surface area contributed by atoms with Crippen molar-refractivity contribution in [2.24, 2.45) is 0 Å². The van der Waals surface area contributed by atoms with Crippen LogP contribution in [0.5, 0.6) is 0 Å². The van der Waals surface area contributed by atoms with Crippen LogP contribution < -0.4 is 10.6 Å². The molecule has 0 radical (unpaired) electrons. The fourth-order valence-corrected chi connectivity index (χ4v) is 8.94. The average Bonchev–Trinajstić information content (AvgIpc) is 3.62. The first-order valence-electron chi connectivity index (χ1n) is 15.2. The van der Waals surface area contributed by atoms with Crippen LogP contribution in [0.3, 0.4) is 0 Å². The van der Waals surface area contributed by atoms with E-state index in [4.69, 9.17) is 25.3 Å². The highest BCUT2D eigenvalue weighted by Crippen LogP contribution is 2.55. The number of nitriles is 1. The fraction of sp³-hybridized carbons (Fsp3) is 0.581. The molecule has 1 saturated carbocycles. The zero-order valence-electron chi connectivity index (χ0n) is 25.5. The SMILES string of the molecule is CN(CC(C)(C)O)c1nc(-c2noc3c2CCCC32CCCc3sc(N)c(C#N)c32)nc2c1cnn2C1CCC1N(C)C. The van der Waals surface area contributed by atoms with Crippen molar-refractivity contribution >= 4 is 33.2 Å². The smallest absolute Gasteiger partial charge is 0.186 e. The summed E-state index contributed by atoms with van der Waals surface area (Å²) in [4.78, 5) is 15.6. The largest absolute Gasteiger partial charge is 0.389 e. The number of aryl methyl sites for hydroxylation is 1. The highest BCUT2D eigenvalue weighted by Gasteiger charge is 2.49. The Morgan fingerprint density at radius 1 is 1.21 bits per heavy atom. The van der Waals surface area contributed by atoms with E-state index in [2.05, 4.69) is 30.2 Å². The van der Waals surface area contributed by atoms with Gasteiger partial charge in [0, 0.05) is 30.1 Å². The molecule has 1 fully saturated rings. The van der Waals surface area contributed by atoms with Crippen molar-refractivity contribution in [3.05, 3.63) is 33.5 Å². The molecule has 43 heavy (non-hydrogen) atoms. The van der Waals surface area contributed by atoms with Crippen molar-refractivity contribution in [2.45, 2.75) is 88.3 Å². The first-order valence-corrected chi connectivity index (χ1v) is 16.0. The molecule has 4 aromatic rings. The summed E-state index contributed by atoms with van der Waals surface area (Å²) in [5.74, 6) is 2.03. The Bertz CT molecular complexity index is 1750. The van der Waals surface area contributed by atoms with Crippen molar-refractivity contribution in [3.8, 4) is 17.6 Å². The molecule has 12 heteroatoms. The lowest BCUT2D eigenvalue weighted by Gasteiger charge is -2.41. The van der Waals surface area contributed by atoms with Gasteiger partial charge in [-0.15, -0.1) is 11.3 Å². The molecular formula is C31H39N9O2S.